The maximum absolute atomic E-state index is 3.80. The van der Waals surface area contributed by atoms with Crippen molar-refractivity contribution in [3.05, 3.63) is 47.1 Å². The van der Waals surface area contributed by atoms with Crippen LogP contribution < -0.4 is 0 Å². The average molecular weight is 435 g/mol. The Labute approximate surface area is 175 Å². The molecule has 0 saturated heterocycles. The molecule has 0 spiro atoms. The fourth-order valence-corrected chi connectivity index (χ4v) is 3.38. The maximum Gasteiger partial charge on any atom is 2.00 e. The van der Waals surface area contributed by atoms with Gasteiger partial charge in [-0.05, 0) is 0 Å². The van der Waals surface area contributed by atoms with Crippen molar-refractivity contribution >= 4 is 24.8 Å². The van der Waals surface area contributed by atoms with E-state index in [1.165, 1.54) is 31.3 Å². The topological polar surface area (TPSA) is 0 Å². The SMILES string of the molecule is CCC1=[C-]C(CC)(CC)C(CC)=C1CC.Cl.Cl.[C-]1=CC=CC1.[Zr+2]. The number of rotatable bonds is 5. The van der Waals surface area contributed by atoms with Gasteiger partial charge in [0.1, 0.15) is 0 Å². The molecule has 23 heavy (non-hydrogen) atoms. The normalized spacial score (nSPS) is 16.7. The van der Waals surface area contributed by atoms with Crippen molar-refractivity contribution in [2.24, 2.45) is 5.41 Å². The molecular formula is C20H32Cl2Zr. The molecule has 0 aromatic carbocycles. The van der Waals surface area contributed by atoms with E-state index in [2.05, 4.69) is 52.8 Å². The second kappa shape index (κ2) is 14.7. The van der Waals surface area contributed by atoms with Crippen LogP contribution in [-0.2, 0) is 26.2 Å². The molecule has 0 fully saturated rings. The third-order valence-corrected chi connectivity index (χ3v) is 4.55. The molecule has 2 aliphatic rings. The van der Waals surface area contributed by atoms with E-state index in [1.807, 2.05) is 12.2 Å². The van der Waals surface area contributed by atoms with Gasteiger partial charge in [0.15, 0.2) is 0 Å². The second-order valence-electron chi connectivity index (χ2n) is 5.41. The van der Waals surface area contributed by atoms with Crippen molar-refractivity contribution in [3.63, 3.8) is 0 Å². The van der Waals surface area contributed by atoms with Crippen LogP contribution in [0.1, 0.15) is 73.1 Å². The standard InChI is InChI=1S/C15H25.C5H5.2ClH.Zr/c1-6-12-11-15(9-4,10-5)14(8-3)13(12)7-2;1-2-4-5-3-1;;;/h6-10H2,1-5H3;1-3H,4H2;2*1H;/q2*-1;;;+2. The van der Waals surface area contributed by atoms with Crippen LogP contribution in [0.4, 0.5) is 0 Å². The Morgan fingerprint density at radius 2 is 1.57 bits per heavy atom. The predicted octanol–water partition coefficient (Wildman–Crippen LogP) is 7.21. The Hall–Kier alpha value is 0.423. The Balaban J connectivity index is -0.000000431. The van der Waals surface area contributed by atoms with Gasteiger partial charge < -0.3 is 0 Å². The summed E-state index contributed by atoms with van der Waals surface area (Å²) in [6.45, 7) is 11.4. The maximum atomic E-state index is 3.80. The molecule has 0 N–H and O–H groups in total. The van der Waals surface area contributed by atoms with Gasteiger partial charge in [0.2, 0.25) is 0 Å². The van der Waals surface area contributed by atoms with Crippen LogP contribution >= 0.6 is 24.8 Å². The smallest absolute Gasteiger partial charge is 0.273 e. The summed E-state index contributed by atoms with van der Waals surface area (Å²) in [7, 11) is 0. The van der Waals surface area contributed by atoms with E-state index in [-0.39, 0.29) is 56.4 Å². The molecule has 0 radical (unpaired) electrons. The van der Waals surface area contributed by atoms with E-state index >= 15 is 0 Å². The zero-order chi connectivity index (χ0) is 15.0. The second-order valence-corrected chi connectivity index (χ2v) is 5.41. The van der Waals surface area contributed by atoms with Crippen molar-refractivity contribution in [2.45, 2.75) is 73.1 Å². The molecule has 0 amide bonds. The quantitative estimate of drug-likeness (QED) is 0.401. The van der Waals surface area contributed by atoms with Crippen molar-refractivity contribution in [1.82, 2.24) is 0 Å². The predicted molar refractivity (Wildman–Crippen MR) is 104 cm³/mol. The minimum absolute atomic E-state index is 0. The summed E-state index contributed by atoms with van der Waals surface area (Å²) in [6, 6.07) is 0. The number of hydrogen-bond donors (Lipinski definition) is 0. The molecule has 0 aromatic rings. The molecule has 0 atom stereocenters. The fraction of sp³-hybridized carbons (Fsp3) is 0.600. The first-order valence-corrected chi connectivity index (χ1v) is 8.27. The van der Waals surface area contributed by atoms with Gasteiger partial charge in [-0.25, -0.2) is 17.7 Å². The van der Waals surface area contributed by atoms with Crippen molar-refractivity contribution in [2.75, 3.05) is 0 Å². The summed E-state index contributed by atoms with van der Waals surface area (Å²) in [5.41, 5.74) is 5.07. The first-order valence-electron chi connectivity index (χ1n) is 8.27. The van der Waals surface area contributed by atoms with Crippen LogP contribution in [0.3, 0.4) is 0 Å². The zero-order valence-corrected chi connectivity index (χ0v) is 19.4. The molecule has 0 saturated carbocycles. The van der Waals surface area contributed by atoms with Crippen molar-refractivity contribution in [3.8, 4) is 0 Å². The molecule has 2 rings (SSSR count). The van der Waals surface area contributed by atoms with Crippen LogP contribution in [-0.4, -0.2) is 0 Å². The van der Waals surface area contributed by atoms with Gasteiger partial charge in [-0.15, -0.1) is 31.2 Å². The van der Waals surface area contributed by atoms with E-state index in [0.717, 1.165) is 12.8 Å². The van der Waals surface area contributed by atoms with Crippen LogP contribution in [0.5, 0.6) is 0 Å². The third kappa shape index (κ3) is 7.05. The van der Waals surface area contributed by atoms with Gasteiger partial charge in [0.05, 0.1) is 0 Å². The number of allylic oxidation sites excluding steroid dienone is 8. The van der Waals surface area contributed by atoms with Crippen LogP contribution in [0, 0.1) is 17.6 Å². The zero-order valence-electron chi connectivity index (χ0n) is 15.3. The molecule has 0 bridgehead atoms. The minimum atomic E-state index is 0. The van der Waals surface area contributed by atoms with Gasteiger partial charge in [0.25, 0.3) is 0 Å². The molecule has 0 heterocycles. The minimum Gasteiger partial charge on any atom is -0.273 e. The average Bonchev–Trinajstić information content (AvgIpc) is 3.15. The molecule has 0 aromatic heterocycles. The Bertz CT molecular complexity index is 417. The fourth-order valence-electron chi connectivity index (χ4n) is 3.38. The Kier molecular flexibility index (Phi) is 18.1. The monoisotopic (exact) mass is 432 g/mol. The Morgan fingerprint density at radius 1 is 0.957 bits per heavy atom. The van der Waals surface area contributed by atoms with E-state index in [9.17, 15) is 0 Å². The molecule has 3 heteroatoms. The number of hydrogen-bond acceptors (Lipinski definition) is 0. The van der Waals surface area contributed by atoms with Gasteiger partial charge in [-0.1, -0.05) is 72.1 Å². The van der Waals surface area contributed by atoms with Gasteiger partial charge in [-0.2, -0.15) is 17.2 Å². The number of halogens is 2. The van der Waals surface area contributed by atoms with Crippen LogP contribution in [0.15, 0.2) is 34.9 Å². The summed E-state index contributed by atoms with van der Waals surface area (Å²) in [6.07, 6.45) is 19.7. The summed E-state index contributed by atoms with van der Waals surface area (Å²) < 4.78 is 0. The first-order chi connectivity index (χ1) is 9.68. The van der Waals surface area contributed by atoms with E-state index in [1.54, 1.807) is 11.1 Å². The molecular weight excluding hydrogens is 402 g/mol. The van der Waals surface area contributed by atoms with Gasteiger partial charge in [-0.3, -0.25) is 12.2 Å². The van der Waals surface area contributed by atoms with Crippen molar-refractivity contribution < 1.29 is 26.2 Å². The van der Waals surface area contributed by atoms with Gasteiger partial charge >= 0.3 is 26.2 Å². The first kappa shape index (κ1) is 28.2. The van der Waals surface area contributed by atoms with E-state index in [4.69, 9.17) is 0 Å². The molecule has 0 unspecified atom stereocenters. The largest absolute Gasteiger partial charge is 2.00 e. The summed E-state index contributed by atoms with van der Waals surface area (Å²) in [5, 5.41) is 0. The van der Waals surface area contributed by atoms with Gasteiger partial charge in [0, 0.05) is 0 Å². The molecule has 2 aliphatic carbocycles. The summed E-state index contributed by atoms with van der Waals surface area (Å²) >= 11 is 0. The van der Waals surface area contributed by atoms with E-state index < -0.39 is 0 Å². The van der Waals surface area contributed by atoms with Crippen LogP contribution in [0.2, 0.25) is 0 Å². The molecule has 130 valence electrons. The Morgan fingerprint density at radius 3 is 1.83 bits per heavy atom. The van der Waals surface area contributed by atoms with Crippen molar-refractivity contribution in [1.29, 1.82) is 0 Å². The van der Waals surface area contributed by atoms with Crippen LogP contribution in [0.25, 0.3) is 0 Å². The molecule has 0 nitrogen and oxygen atoms in total. The summed E-state index contributed by atoms with van der Waals surface area (Å²) in [4.78, 5) is 0. The summed E-state index contributed by atoms with van der Waals surface area (Å²) in [5.74, 6) is 0. The third-order valence-electron chi connectivity index (χ3n) is 4.55. The molecule has 0 aliphatic heterocycles. The van der Waals surface area contributed by atoms with E-state index in [0.29, 0.717) is 0 Å².